The van der Waals surface area contributed by atoms with E-state index < -0.39 is 12.3 Å². The first-order valence-electron chi connectivity index (χ1n) is 4.26. The van der Waals surface area contributed by atoms with E-state index in [2.05, 4.69) is 10.1 Å². The quantitative estimate of drug-likeness (QED) is 0.466. The molecule has 1 heterocycles. The Bertz CT molecular complexity index is 404. The Hall–Kier alpha value is -1.63. The molecular formula is C9H9F3N2O2. The van der Waals surface area contributed by atoms with Gasteiger partial charge in [-0.3, -0.25) is 4.98 Å². The SMILES string of the molecule is C/C(=N\O)c1cc(C(O)C(F)(F)F)ccn1. The highest BCUT2D eigenvalue weighted by atomic mass is 19.4. The van der Waals surface area contributed by atoms with Gasteiger partial charge < -0.3 is 10.3 Å². The summed E-state index contributed by atoms with van der Waals surface area (Å²) in [6.45, 7) is 1.38. The number of aromatic nitrogens is 1. The average molecular weight is 234 g/mol. The summed E-state index contributed by atoms with van der Waals surface area (Å²) >= 11 is 0. The van der Waals surface area contributed by atoms with Crippen molar-refractivity contribution >= 4 is 5.71 Å². The van der Waals surface area contributed by atoms with Gasteiger partial charge in [-0.05, 0) is 24.6 Å². The van der Waals surface area contributed by atoms with E-state index >= 15 is 0 Å². The number of oxime groups is 1. The molecule has 0 saturated heterocycles. The molecule has 0 amide bonds. The molecule has 1 atom stereocenters. The molecule has 4 nitrogen and oxygen atoms in total. The van der Waals surface area contributed by atoms with Gasteiger partial charge in [0.1, 0.15) is 5.71 Å². The highest BCUT2D eigenvalue weighted by Gasteiger charge is 2.39. The van der Waals surface area contributed by atoms with Crippen LogP contribution in [0.4, 0.5) is 13.2 Å². The number of aliphatic hydroxyl groups excluding tert-OH is 1. The summed E-state index contributed by atoms with van der Waals surface area (Å²) in [5.41, 5.74) is -0.208. The molecule has 88 valence electrons. The number of hydrogen-bond acceptors (Lipinski definition) is 4. The molecule has 0 aliphatic heterocycles. The van der Waals surface area contributed by atoms with E-state index in [0.29, 0.717) is 0 Å². The van der Waals surface area contributed by atoms with E-state index in [-0.39, 0.29) is 17.0 Å². The molecule has 0 bridgehead atoms. The Morgan fingerprint density at radius 1 is 1.50 bits per heavy atom. The molecule has 1 aromatic rings. The van der Waals surface area contributed by atoms with Crippen LogP contribution in [0.5, 0.6) is 0 Å². The van der Waals surface area contributed by atoms with Crippen LogP contribution in [0, 0.1) is 0 Å². The lowest BCUT2D eigenvalue weighted by Crippen LogP contribution is -2.20. The van der Waals surface area contributed by atoms with Gasteiger partial charge >= 0.3 is 6.18 Å². The van der Waals surface area contributed by atoms with Crippen LogP contribution in [0.2, 0.25) is 0 Å². The monoisotopic (exact) mass is 234 g/mol. The van der Waals surface area contributed by atoms with Crippen molar-refractivity contribution in [1.82, 2.24) is 4.98 Å². The Kier molecular flexibility index (Phi) is 3.48. The van der Waals surface area contributed by atoms with Crippen LogP contribution in [0.15, 0.2) is 23.5 Å². The lowest BCUT2D eigenvalue weighted by Gasteiger charge is -2.14. The maximum absolute atomic E-state index is 12.2. The summed E-state index contributed by atoms with van der Waals surface area (Å²) in [5, 5.41) is 20.2. The summed E-state index contributed by atoms with van der Waals surface area (Å²) in [6.07, 6.45) is -6.20. The van der Waals surface area contributed by atoms with Crippen molar-refractivity contribution in [2.75, 3.05) is 0 Å². The number of halogens is 3. The van der Waals surface area contributed by atoms with Gasteiger partial charge in [-0.2, -0.15) is 13.2 Å². The normalized spacial score (nSPS) is 14.9. The van der Waals surface area contributed by atoms with Crippen LogP contribution >= 0.6 is 0 Å². The van der Waals surface area contributed by atoms with Gasteiger partial charge in [0.25, 0.3) is 0 Å². The van der Waals surface area contributed by atoms with Crippen LogP contribution in [0.1, 0.15) is 24.3 Å². The zero-order chi connectivity index (χ0) is 12.3. The van der Waals surface area contributed by atoms with Crippen molar-refractivity contribution in [3.63, 3.8) is 0 Å². The van der Waals surface area contributed by atoms with Crippen molar-refractivity contribution in [2.45, 2.75) is 19.2 Å². The van der Waals surface area contributed by atoms with Gasteiger partial charge in [-0.15, -0.1) is 0 Å². The molecule has 0 aliphatic rings. The first-order valence-corrected chi connectivity index (χ1v) is 4.26. The fraction of sp³-hybridized carbons (Fsp3) is 0.333. The molecule has 1 unspecified atom stereocenters. The van der Waals surface area contributed by atoms with E-state index in [0.717, 1.165) is 18.3 Å². The van der Waals surface area contributed by atoms with Crippen LogP contribution in [0.25, 0.3) is 0 Å². The third kappa shape index (κ3) is 2.69. The van der Waals surface area contributed by atoms with Gasteiger partial charge in [0.15, 0.2) is 6.10 Å². The number of pyridine rings is 1. The lowest BCUT2D eigenvalue weighted by atomic mass is 10.1. The Morgan fingerprint density at radius 2 is 2.12 bits per heavy atom. The van der Waals surface area contributed by atoms with Gasteiger partial charge in [-0.1, -0.05) is 5.16 Å². The van der Waals surface area contributed by atoms with Gasteiger partial charge in [-0.25, -0.2) is 0 Å². The Morgan fingerprint density at radius 3 is 2.62 bits per heavy atom. The minimum atomic E-state index is -4.73. The largest absolute Gasteiger partial charge is 0.418 e. The van der Waals surface area contributed by atoms with E-state index in [1.807, 2.05) is 0 Å². The highest BCUT2D eigenvalue weighted by Crippen LogP contribution is 2.32. The van der Waals surface area contributed by atoms with Crippen molar-refractivity contribution < 1.29 is 23.5 Å². The fourth-order valence-electron chi connectivity index (χ4n) is 1.06. The molecular weight excluding hydrogens is 225 g/mol. The summed E-state index contributed by atoms with van der Waals surface area (Å²) in [6, 6.07) is 2.07. The molecule has 2 N–H and O–H groups in total. The van der Waals surface area contributed by atoms with Crippen molar-refractivity contribution in [2.24, 2.45) is 5.16 Å². The molecule has 0 fully saturated rings. The molecule has 0 aromatic carbocycles. The molecule has 0 aliphatic carbocycles. The van der Waals surface area contributed by atoms with Crippen molar-refractivity contribution in [3.8, 4) is 0 Å². The van der Waals surface area contributed by atoms with Crippen molar-refractivity contribution in [3.05, 3.63) is 29.6 Å². The van der Waals surface area contributed by atoms with Crippen molar-refractivity contribution in [1.29, 1.82) is 0 Å². The minimum absolute atomic E-state index is 0.0659. The van der Waals surface area contributed by atoms with E-state index in [1.54, 1.807) is 0 Å². The lowest BCUT2D eigenvalue weighted by molar-refractivity contribution is -0.206. The number of hydrogen-bond donors (Lipinski definition) is 2. The standard InChI is InChI=1S/C9H9F3N2O2/c1-5(14-16)7-4-6(2-3-13-7)8(15)9(10,11)12/h2-4,8,15-16H,1H3/b14-5+. The Balaban J connectivity index is 3.08. The second-order valence-corrected chi connectivity index (χ2v) is 3.10. The van der Waals surface area contributed by atoms with Gasteiger partial charge in [0.2, 0.25) is 0 Å². The second kappa shape index (κ2) is 4.48. The van der Waals surface area contributed by atoms with E-state index in [1.165, 1.54) is 6.92 Å². The molecule has 1 rings (SSSR count). The summed E-state index contributed by atoms with van der Waals surface area (Å²) < 4.78 is 36.6. The highest BCUT2D eigenvalue weighted by molar-refractivity contribution is 5.96. The molecule has 7 heteroatoms. The predicted octanol–water partition coefficient (Wildman–Crippen LogP) is 1.88. The zero-order valence-corrected chi connectivity index (χ0v) is 8.23. The first-order chi connectivity index (χ1) is 7.36. The van der Waals surface area contributed by atoms with Crippen LogP contribution in [-0.4, -0.2) is 27.2 Å². The number of nitrogens with zero attached hydrogens (tertiary/aromatic N) is 2. The van der Waals surface area contributed by atoms with Gasteiger partial charge in [0, 0.05) is 6.20 Å². The molecule has 0 radical (unpaired) electrons. The number of aliphatic hydroxyl groups is 1. The van der Waals surface area contributed by atoms with Crippen LogP contribution in [-0.2, 0) is 0 Å². The van der Waals surface area contributed by atoms with Gasteiger partial charge in [0.05, 0.1) is 5.69 Å². The minimum Gasteiger partial charge on any atom is -0.411 e. The smallest absolute Gasteiger partial charge is 0.411 e. The maximum Gasteiger partial charge on any atom is 0.418 e. The number of rotatable bonds is 2. The third-order valence-corrected chi connectivity index (χ3v) is 1.93. The number of alkyl halides is 3. The average Bonchev–Trinajstić information content (AvgIpc) is 2.26. The predicted molar refractivity (Wildman–Crippen MR) is 49.2 cm³/mol. The zero-order valence-electron chi connectivity index (χ0n) is 8.23. The Labute approximate surface area is 89.0 Å². The first kappa shape index (κ1) is 12.4. The van der Waals surface area contributed by atoms with E-state index in [4.69, 9.17) is 10.3 Å². The molecule has 16 heavy (non-hydrogen) atoms. The second-order valence-electron chi connectivity index (χ2n) is 3.10. The molecule has 0 spiro atoms. The summed E-state index contributed by atoms with van der Waals surface area (Å²) in [5.74, 6) is 0. The third-order valence-electron chi connectivity index (χ3n) is 1.93. The molecule has 1 aromatic heterocycles. The fourth-order valence-corrected chi connectivity index (χ4v) is 1.06. The maximum atomic E-state index is 12.2. The summed E-state index contributed by atoms with van der Waals surface area (Å²) in [7, 11) is 0. The van der Waals surface area contributed by atoms with Crippen LogP contribution < -0.4 is 0 Å². The molecule has 0 saturated carbocycles. The van der Waals surface area contributed by atoms with Crippen LogP contribution in [0.3, 0.4) is 0 Å². The summed E-state index contributed by atoms with van der Waals surface area (Å²) in [4.78, 5) is 3.71. The topological polar surface area (TPSA) is 65.7 Å². The van der Waals surface area contributed by atoms with E-state index in [9.17, 15) is 13.2 Å².